The van der Waals surface area contributed by atoms with Gasteiger partial charge in [0.2, 0.25) is 0 Å². The molecule has 1 saturated heterocycles. The molecule has 1 amide bonds. The van der Waals surface area contributed by atoms with E-state index in [2.05, 4.69) is 47.6 Å². The van der Waals surface area contributed by atoms with Crippen molar-refractivity contribution in [2.24, 2.45) is 0 Å². The summed E-state index contributed by atoms with van der Waals surface area (Å²) in [6, 6.07) is 16.5. The third-order valence-corrected chi connectivity index (χ3v) is 7.57. The van der Waals surface area contributed by atoms with Gasteiger partial charge in [-0.25, -0.2) is 0 Å². The average Bonchev–Trinajstić information content (AvgIpc) is 2.85. The second-order valence-corrected chi connectivity index (χ2v) is 10.3. The van der Waals surface area contributed by atoms with Gasteiger partial charge in [0.15, 0.2) is 0 Å². The number of amides is 1. The molecule has 1 aliphatic carbocycles. The van der Waals surface area contributed by atoms with Crippen molar-refractivity contribution < 1.29 is 9.53 Å². The zero-order valence-electron chi connectivity index (χ0n) is 20.6. The van der Waals surface area contributed by atoms with E-state index in [0.717, 1.165) is 51.7 Å². The second-order valence-electron chi connectivity index (χ2n) is 9.86. The number of piperazine rings is 1. The fraction of sp³-hybridized carbons (Fsp3) is 0.500. The van der Waals surface area contributed by atoms with Gasteiger partial charge < -0.3 is 15.4 Å². The first-order chi connectivity index (χ1) is 16.9. The van der Waals surface area contributed by atoms with Gasteiger partial charge in [0.05, 0.1) is 16.7 Å². The van der Waals surface area contributed by atoms with Crippen molar-refractivity contribution in [1.82, 2.24) is 15.5 Å². The summed E-state index contributed by atoms with van der Waals surface area (Å²) in [4.78, 5) is 15.3. The fourth-order valence-corrected chi connectivity index (χ4v) is 5.35. The molecule has 0 aromatic heterocycles. The smallest absolute Gasteiger partial charge is 0.251 e. The van der Waals surface area contributed by atoms with Crippen LogP contribution >= 0.6 is 11.6 Å². The molecular weight excluding hydrogens is 460 g/mol. The molecule has 2 fully saturated rings. The van der Waals surface area contributed by atoms with Crippen LogP contribution in [0.25, 0.3) is 0 Å². The van der Waals surface area contributed by atoms with Crippen molar-refractivity contribution in [3.8, 4) is 11.8 Å². The average molecular weight is 495 g/mol. The molecule has 1 saturated carbocycles. The predicted octanol–water partition coefficient (Wildman–Crippen LogP) is 4.56. The van der Waals surface area contributed by atoms with Gasteiger partial charge in [-0.1, -0.05) is 23.7 Å². The van der Waals surface area contributed by atoms with E-state index >= 15 is 0 Å². The predicted molar refractivity (Wildman–Crippen MR) is 139 cm³/mol. The lowest BCUT2D eigenvalue weighted by Crippen LogP contribution is -2.55. The molecule has 7 heteroatoms. The summed E-state index contributed by atoms with van der Waals surface area (Å²) in [6.45, 7) is 7.68. The molecule has 1 heterocycles. The molecule has 2 N–H and O–H groups in total. The first-order valence-corrected chi connectivity index (χ1v) is 13.0. The lowest BCUT2D eigenvalue weighted by Gasteiger charge is -2.39. The van der Waals surface area contributed by atoms with Gasteiger partial charge in [0.1, 0.15) is 11.8 Å². The van der Waals surface area contributed by atoms with E-state index in [4.69, 9.17) is 21.6 Å². The summed E-state index contributed by atoms with van der Waals surface area (Å²) >= 11 is 6.11. The zero-order chi connectivity index (χ0) is 24.8. The van der Waals surface area contributed by atoms with Crippen molar-refractivity contribution in [1.29, 1.82) is 5.26 Å². The molecule has 186 valence electrons. The first-order valence-electron chi connectivity index (χ1n) is 12.7. The van der Waals surface area contributed by atoms with E-state index in [-0.39, 0.29) is 18.1 Å². The summed E-state index contributed by atoms with van der Waals surface area (Å²) < 4.78 is 6.05. The number of halogens is 1. The van der Waals surface area contributed by atoms with Gasteiger partial charge in [-0.05, 0) is 75.8 Å². The van der Waals surface area contributed by atoms with Crippen LogP contribution in [0.5, 0.6) is 5.75 Å². The van der Waals surface area contributed by atoms with Crippen LogP contribution in [0.1, 0.15) is 61.0 Å². The van der Waals surface area contributed by atoms with E-state index < -0.39 is 0 Å². The number of ether oxygens (including phenoxy) is 1. The highest BCUT2D eigenvalue weighted by Gasteiger charge is 2.25. The minimum atomic E-state index is -0.0101. The van der Waals surface area contributed by atoms with Crippen LogP contribution < -0.4 is 15.4 Å². The summed E-state index contributed by atoms with van der Waals surface area (Å²) in [5.41, 5.74) is 2.42. The standard InChI is InChI=1S/C28H35ClN4O2/c1-19-17-31-18-20(2)33(19)14-13-21-3-5-22(6-4-21)28(34)32-24-8-11-25(12-9-24)35-26-10-7-23(16-30)27(29)15-26/h3-7,10,15,19-20,24-25,31H,8-9,11-14,17-18H2,1-2H3,(H,32,34)/t19-,20-,24?,25?/m1/s1. The minimum Gasteiger partial charge on any atom is -0.490 e. The Hall–Kier alpha value is -2.59. The monoisotopic (exact) mass is 494 g/mol. The molecule has 1 aliphatic heterocycles. The summed E-state index contributed by atoms with van der Waals surface area (Å²) in [5.74, 6) is 0.673. The van der Waals surface area contributed by atoms with Crippen LogP contribution in [0, 0.1) is 11.3 Å². The maximum Gasteiger partial charge on any atom is 0.251 e. The molecule has 0 unspecified atom stereocenters. The highest BCUT2D eigenvalue weighted by atomic mass is 35.5. The van der Waals surface area contributed by atoms with Gasteiger partial charge in [0, 0.05) is 49.4 Å². The van der Waals surface area contributed by atoms with Gasteiger partial charge in [-0.3, -0.25) is 9.69 Å². The van der Waals surface area contributed by atoms with Crippen LogP contribution in [0.4, 0.5) is 0 Å². The van der Waals surface area contributed by atoms with Crippen LogP contribution in [0.2, 0.25) is 5.02 Å². The Labute approximate surface area is 213 Å². The molecule has 6 nitrogen and oxygen atoms in total. The quantitative estimate of drug-likeness (QED) is 0.590. The number of nitriles is 1. The van der Waals surface area contributed by atoms with E-state index in [0.29, 0.717) is 34.0 Å². The number of benzene rings is 2. The maximum absolute atomic E-state index is 12.8. The Balaban J connectivity index is 1.21. The number of carbonyl (C=O) groups excluding carboxylic acids is 1. The number of hydrogen-bond donors (Lipinski definition) is 2. The number of carbonyl (C=O) groups is 1. The number of rotatable bonds is 7. The molecular formula is C28H35ClN4O2. The Morgan fingerprint density at radius 3 is 2.43 bits per heavy atom. The van der Waals surface area contributed by atoms with Crippen molar-refractivity contribution in [3.05, 3.63) is 64.2 Å². The van der Waals surface area contributed by atoms with Crippen molar-refractivity contribution >= 4 is 17.5 Å². The number of nitrogens with one attached hydrogen (secondary N) is 2. The maximum atomic E-state index is 12.8. The highest BCUT2D eigenvalue weighted by molar-refractivity contribution is 6.31. The fourth-order valence-electron chi connectivity index (χ4n) is 5.14. The number of hydrogen-bond acceptors (Lipinski definition) is 5. The van der Waals surface area contributed by atoms with Crippen molar-refractivity contribution in [2.75, 3.05) is 19.6 Å². The molecule has 0 spiro atoms. The van der Waals surface area contributed by atoms with E-state index in [9.17, 15) is 4.79 Å². The molecule has 35 heavy (non-hydrogen) atoms. The van der Waals surface area contributed by atoms with Gasteiger partial charge in [0.25, 0.3) is 5.91 Å². The van der Waals surface area contributed by atoms with Crippen LogP contribution in [0.15, 0.2) is 42.5 Å². The molecule has 2 aromatic rings. The highest BCUT2D eigenvalue weighted by Crippen LogP contribution is 2.27. The lowest BCUT2D eigenvalue weighted by molar-refractivity contribution is 0.0894. The summed E-state index contributed by atoms with van der Waals surface area (Å²) in [7, 11) is 0. The lowest BCUT2D eigenvalue weighted by atomic mass is 9.92. The van der Waals surface area contributed by atoms with E-state index in [1.807, 2.05) is 12.1 Å². The molecule has 4 rings (SSSR count). The van der Waals surface area contributed by atoms with E-state index in [1.165, 1.54) is 5.56 Å². The van der Waals surface area contributed by atoms with Crippen LogP contribution in [-0.2, 0) is 6.42 Å². The largest absolute Gasteiger partial charge is 0.490 e. The van der Waals surface area contributed by atoms with Gasteiger partial charge in [-0.2, -0.15) is 5.26 Å². The van der Waals surface area contributed by atoms with Crippen molar-refractivity contribution in [3.63, 3.8) is 0 Å². The second kappa shape index (κ2) is 11.9. The minimum absolute atomic E-state index is 0.0101. The first kappa shape index (κ1) is 25.5. The summed E-state index contributed by atoms with van der Waals surface area (Å²) in [6.07, 6.45) is 4.56. The molecule has 0 radical (unpaired) electrons. The SMILES string of the molecule is C[C@@H]1CNC[C@@H](C)N1CCc1ccc(C(=O)NC2CCC(Oc3ccc(C#N)c(Cl)c3)CC2)cc1. The van der Waals surface area contributed by atoms with Crippen molar-refractivity contribution in [2.45, 2.75) is 70.2 Å². The van der Waals surface area contributed by atoms with Crippen LogP contribution in [0.3, 0.4) is 0 Å². The van der Waals surface area contributed by atoms with Crippen LogP contribution in [-0.4, -0.2) is 54.7 Å². The molecule has 2 aromatic carbocycles. The normalized spacial score (nSPS) is 25.0. The Bertz CT molecular complexity index is 1030. The molecule has 2 aliphatic rings. The third-order valence-electron chi connectivity index (χ3n) is 7.26. The Morgan fingerprint density at radius 2 is 1.80 bits per heavy atom. The van der Waals surface area contributed by atoms with Gasteiger partial charge >= 0.3 is 0 Å². The third kappa shape index (κ3) is 6.76. The molecule has 2 atom stereocenters. The Kier molecular flexibility index (Phi) is 8.67. The number of nitrogens with zero attached hydrogens (tertiary/aromatic N) is 2. The zero-order valence-corrected chi connectivity index (χ0v) is 21.4. The molecule has 0 bridgehead atoms. The summed E-state index contributed by atoms with van der Waals surface area (Å²) in [5, 5.41) is 16.1. The van der Waals surface area contributed by atoms with Gasteiger partial charge in [-0.15, -0.1) is 0 Å². The Morgan fingerprint density at radius 1 is 1.11 bits per heavy atom. The van der Waals surface area contributed by atoms with E-state index in [1.54, 1.807) is 18.2 Å². The topological polar surface area (TPSA) is 77.4 Å².